The summed E-state index contributed by atoms with van der Waals surface area (Å²) < 4.78 is 31.0. The van der Waals surface area contributed by atoms with Crippen LogP contribution in [-0.2, 0) is 0 Å². The highest BCUT2D eigenvalue weighted by atomic mass is 35.5. The highest BCUT2D eigenvalue weighted by Gasteiger charge is 2.04. The summed E-state index contributed by atoms with van der Waals surface area (Å²) in [6.07, 6.45) is 0. The van der Waals surface area contributed by atoms with E-state index in [0.717, 1.165) is 12.1 Å². The third-order valence-electron chi connectivity index (χ3n) is 2.74. The average Bonchev–Trinajstić information content (AvgIpc) is 2.52. The smallest absolute Gasteiger partial charge is 0.252 e. The van der Waals surface area contributed by atoms with Crippen molar-refractivity contribution < 1.29 is 18.3 Å². The van der Waals surface area contributed by atoms with Crippen LogP contribution in [0.25, 0.3) is 0 Å². The molecule has 0 aliphatic rings. The summed E-state index contributed by atoms with van der Waals surface area (Å²) in [4.78, 5) is 11.8. The second-order valence-electron chi connectivity index (χ2n) is 4.41. The molecule has 0 fully saturated rings. The topological polar surface area (TPSA) is 38.3 Å². The molecule has 23 heavy (non-hydrogen) atoms. The summed E-state index contributed by atoms with van der Waals surface area (Å²) >= 11 is 5.79. The summed E-state index contributed by atoms with van der Waals surface area (Å²) in [6, 6.07) is 9.54. The van der Waals surface area contributed by atoms with Gasteiger partial charge in [-0.2, -0.15) is 0 Å². The van der Waals surface area contributed by atoms with E-state index in [4.69, 9.17) is 16.3 Å². The van der Waals surface area contributed by atoms with Crippen molar-refractivity contribution in [2.24, 2.45) is 0 Å². The molecular formula is C17H12ClF2NO2. The van der Waals surface area contributed by atoms with Gasteiger partial charge in [0.05, 0.1) is 6.54 Å². The molecule has 0 bridgehead atoms. The molecule has 0 heterocycles. The van der Waals surface area contributed by atoms with Crippen LogP contribution in [-0.4, -0.2) is 19.1 Å². The van der Waals surface area contributed by atoms with Crippen LogP contribution < -0.4 is 10.1 Å². The summed E-state index contributed by atoms with van der Waals surface area (Å²) in [5.41, 5.74) is 0.434. The second kappa shape index (κ2) is 8.16. The van der Waals surface area contributed by atoms with Crippen LogP contribution >= 0.6 is 11.6 Å². The zero-order valence-electron chi connectivity index (χ0n) is 11.9. The molecule has 1 amide bonds. The van der Waals surface area contributed by atoms with E-state index < -0.39 is 11.6 Å². The van der Waals surface area contributed by atoms with Gasteiger partial charge in [-0.3, -0.25) is 4.79 Å². The second-order valence-corrected chi connectivity index (χ2v) is 4.85. The van der Waals surface area contributed by atoms with Crippen molar-refractivity contribution in [3.05, 3.63) is 64.7 Å². The summed E-state index contributed by atoms with van der Waals surface area (Å²) in [5, 5.41) is 3.06. The molecule has 6 heteroatoms. The first-order chi connectivity index (χ1) is 11.1. The number of hydrogen-bond donors (Lipinski definition) is 1. The van der Waals surface area contributed by atoms with Crippen molar-refractivity contribution in [2.75, 3.05) is 13.2 Å². The number of halogens is 3. The van der Waals surface area contributed by atoms with Crippen molar-refractivity contribution in [1.29, 1.82) is 0 Å². The third-order valence-corrected chi connectivity index (χ3v) is 2.98. The largest absolute Gasteiger partial charge is 0.478 e. The van der Waals surface area contributed by atoms with Crippen molar-refractivity contribution in [1.82, 2.24) is 5.32 Å². The van der Waals surface area contributed by atoms with E-state index >= 15 is 0 Å². The minimum atomic E-state index is -0.791. The van der Waals surface area contributed by atoms with Gasteiger partial charge in [0, 0.05) is 16.7 Å². The molecule has 3 nitrogen and oxygen atoms in total. The van der Waals surface area contributed by atoms with Gasteiger partial charge < -0.3 is 10.1 Å². The molecule has 0 saturated carbocycles. The minimum Gasteiger partial charge on any atom is -0.478 e. The first-order valence-electron chi connectivity index (χ1n) is 6.63. The number of amides is 1. The number of ether oxygens (including phenoxy) is 1. The van der Waals surface area contributed by atoms with E-state index in [1.54, 1.807) is 24.3 Å². The molecule has 0 aliphatic carbocycles. The Labute approximate surface area is 137 Å². The van der Waals surface area contributed by atoms with E-state index in [9.17, 15) is 13.6 Å². The van der Waals surface area contributed by atoms with Crippen LogP contribution in [0.3, 0.4) is 0 Å². The molecular weight excluding hydrogens is 324 g/mol. The molecule has 0 aliphatic heterocycles. The predicted octanol–water partition coefficient (Wildman–Crippen LogP) is 3.43. The van der Waals surface area contributed by atoms with E-state index in [0.29, 0.717) is 10.6 Å². The van der Waals surface area contributed by atoms with E-state index in [1.165, 1.54) is 6.07 Å². The summed E-state index contributed by atoms with van der Waals surface area (Å²) in [5.74, 6) is 3.44. The lowest BCUT2D eigenvalue weighted by Crippen LogP contribution is -2.23. The number of rotatable bonds is 4. The standard InChI is InChI=1S/C17H12ClF2NO2/c18-13-5-3-4-12(10-13)17(22)21-8-1-2-9-23-16-7-6-14(19)11-15(16)20/h3-7,10-11H,8-9H2,(H,21,22). The Morgan fingerprint density at radius 3 is 2.74 bits per heavy atom. The fraction of sp³-hybridized carbons (Fsp3) is 0.118. The first-order valence-corrected chi connectivity index (χ1v) is 7.01. The Bertz CT molecular complexity index is 769. The minimum absolute atomic E-state index is 0.0738. The quantitative estimate of drug-likeness (QED) is 0.869. The molecule has 0 unspecified atom stereocenters. The maximum Gasteiger partial charge on any atom is 0.252 e. The van der Waals surface area contributed by atoms with Crippen LogP contribution in [0.1, 0.15) is 10.4 Å². The van der Waals surface area contributed by atoms with Crippen molar-refractivity contribution in [3.8, 4) is 17.6 Å². The molecule has 0 atom stereocenters. The van der Waals surface area contributed by atoms with Crippen molar-refractivity contribution in [2.45, 2.75) is 0 Å². The van der Waals surface area contributed by atoms with Crippen LogP contribution in [0.5, 0.6) is 5.75 Å². The molecule has 0 aromatic heterocycles. The lowest BCUT2D eigenvalue weighted by atomic mass is 10.2. The van der Waals surface area contributed by atoms with Gasteiger partial charge in [0.15, 0.2) is 11.6 Å². The number of carbonyl (C=O) groups is 1. The SMILES string of the molecule is O=C(NCC#CCOc1ccc(F)cc1F)c1cccc(Cl)c1. The van der Waals surface area contributed by atoms with Gasteiger partial charge >= 0.3 is 0 Å². The third kappa shape index (κ3) is 5.28. The Balaban J connectivity index is 1.77. The van der Waals surface area contributed by atoms with Gasteiger partial charge in [0.1, 0.15) is 12.4 Å². The van der Waals surface area contributed by atoms with E-state index in [1.807, 2.05) is 0 Å². The van der Waals surface area contributed by atoms with Gasteiger partial charge in [-0.15, -0.1) is 0 Å². The monoisotopic (exact) mass is 335 g/mol. The van der Waals surface area contributed by atoms with Crippen LogP contribution in [0.4, 0.5) is 8.78 Å². The molecule has 2 aromatic rings. The molecule has 118 valence electrons. The average molecular weight is 336 g/mol. The predicted molar refractivity (Wildman–Crippen MR) is 83.4 cm³/mol. The van der Waals surface area contributed by atoms with Crippen molar-refractivity contribution in [3.63, 3.8) is 0 Å². The number of carbonyl (C=O) groups excluding carboxylic acids is 1. The Morgan fingerprint density at radius 2 is 2.00 bits per heavy atom. The van der Waals surface area contributed by atoms with Gasteiger partial charge in [-0.1, -0.05) is 29.5 Å². The Morgan fingerprint density at radius 1 is 1.17 bits per heavy atom. The molecule has 0 spiro atoms. The van der Waals surface area contributed by atoms with Crippen LogP contribution in [0, 0.1) is 23.5 Å². The van der Waals surface area contributed by atoms with Gasteiger partial charge in [-0.25, -0.2) is 8.78 Å². The maximum atomic E-state index is 13.3. The maximum absolute atomic E-state index is 13.3. The fourth-order valence-corrected chi connectivity index (χ4v) is 1.87. The zero-order chi connectivity index (χ0) is 16.7. The van der Waals surface area contributed by atoms with Crippen LogP contribution in [0.15, 0.2) is 42.5 Å². The van der Waals surface area contributed by atoms with Crippen molar-refractivity contribution >= 4 is 17.5 Å². The first kappa shape index (κ1) is 16.8. The number of hydrogen-bond acceptors (Lipinski definition) is 2. The molecule has 0 saturated heterocycles. The zero-order valence-corrected chi connectivity index (χ0v) is 12.7. The fourth-order valence-electron chi connectivity index (χ4n) is 1.68. The normalized spacial score (nSPS) is 9.70. The molecule has 2 rings (SSSR count). The lowest BCUT2D eigenvalue weighted by molar-refractivity contribution is 0.0958. The van der Waals surface area contributed by atoms with Gasteiger partial charge in [0.25, 0.3) is 5.91 Å². The van der Waals surface area contributed by atoms with Gasteiger partial charge in [-0.05, 0) is 30.3 Å². The number of benzene rings is 2. The Hall–Kier alpha value is -2.58. The highest BCUT2D eigenvalue weighted by molar-refractivity contribution is 6.30. The summed E-state index contributed by atoms with van der Waals surface area (Å²) in [6.45, 7) is 0.0379. The van der Waals surface area contributed by atoms with E-state index in [-0.39, 0.29) is 24.8 Å². The lowest BCUT2D eigenvalue weighted by Gasteiger charge is -2.03. The number of nitrogens with one attached hydrogen (secondary N) is 1. The molecule has 0 radical (unpaired) electrons. The molecule has 2 aromatic carbocycles. The summed E-state index contributed by atoms with van der Waals surface area (Å²) in [7, 11) is 0. The highest BCUT2D eigenvalue weighted by Crippen LogP contribution is 2.17. The van der Waals surface area contributed by atoms with E-state index in [2.05, 4.69) is 17.2 Å². The molecule has 1 N–H and O–H groups in total. The van der Waals surface area contributed by atoms with Gasteiger partial charge in [0.2, 0.25) is 0 Å². The Kier molecular flexibility index (Phi) is 5.95. The van der Waals surface area contributed by atoms with Crippen LogP contribution in [0.2, 0.25) is 5.02 Å².